The molecule has 0 fully saturated rings. The molecule has 4 heteroatoms. The second kappa shape index (κ2) is 6.07. The van der Waals surface area contributed by atoms with E-state index >= 15 is 0 Å². The molecule has 0 amide bonds. The van der Waals surface area contributed by atoms with Crippen molar-refractivity contribution in [2.75, 3.05) is 7.05 Å². The number of rotatable bonds is 5. The first kappa shape index (κ1) is 13.2. The molecule has 0 spiro atoms. The molecule has 0 radical (unpaired) electrons. The van der Waals surface area contributed by atoms with Crippen molar-refractivity contribution in [1.29, 1.82) is 0 Å². The number of aryl methyl sites for hydroxylation is 2. The lowest BCUT2D eigenvalue weighted by Crippen LogP contribution is -2.29. The van der Waals surface area contributed by atoms with Crippen molar-refractivity contribution >= 4 is 11.3 Å². The monoisotopic (exact) mass is 261 g/mol. The summed E-state index contributed by atoms with van der Waals surface area (Å²) in [6, 6.07) is 4.57. The number of thiazole rings is 1. The van der Waals surface area contributed by atoms with Gasteiger partial charge in [0.1, 0.15) is 0 Å². The van der Waals surface area contributed by atoms with E-state index in [0.717, 1.165) is 18.5 Å². The van der Waals surface area contributed by atoms with Crippen LogP contribution in [0.15, 0.2) is 24.5 Å². The second-order valence-electron chi connectivity index (χ2n) is 4.50. The fraction of sp³-hybridized carbons (Fsp3) is 0.429. The van der Waals surface area contributed by atoms with Crippen LogP contribution in [-0.2, 0) is 12.8 Å². The standard InChI is InChI=1S/C14H19N3S/c1-10-11(2)18-14(17-10)9-13(15-3)8-12-4-6-16-7-5-12/h4-7,13,15H,8-9H2,1-3H3. The molecule has 0 bridgehead atoms. The van der Waals surface area contributed by atoms with Gasteiger partial charge in [-0.1, -0.05) is 0 Å². The van der Waals surface area contributed by atoms with E-state index in [1.807, 2.05) is 19.4 Å². The minimum Gasteiger partial charge on any atom is -0.316 e. The van der Waals surface area contributed by atoms with E-state index < -0.39 is 0 Å². The van der Waals surface area contributed by atoms with Crippen LogP contribution in [0.4, 0.5) is 0 Å². The van der Waals surface area contributed by atoms with Gasteiger partial charge in [0.25, 0.3) is 0 Å². The summed E-state index contributed by atoms with van der Waals surface area (Å²) in [6.45, 7) is 4.21. The molecule has 0 saturated heterocycles. The molecule has 2 aromatic heterocycles. The summed E-state index contributed by atoms with van der Waals surface area (Å²) >= 11 is 1.81. The zero-order valence-corrected chi connectivity index (χ0v) is 11.9. The van der Waals surface area contributed by atoms with Crippen LogP contribution in [0.2, 0.25) is 0 Å². The molecule has 0 aromatic carbocycles. The van der Waals surface area contributed by atoms with Crippen molar-refractivity contribution in [2.24, 2.45) is 0 Å². The first-order chi connectivity index (χ1) is 8.69. The van der Waals surface area contributed by atoms with Crippen LogP contribution in [0.3, 0.4) is 0 Å². The normalized spacial score (nSPS) is 12.6. The van der Waals surface area contributed by atoms with Gasteiger partial charge in [0.2, 0.25) is 0 Å². The fourth-order valence-corrected chi connectivity index (χ4v) is 2.93. The van der Waals surface area contributed by atoms with Gasteiger partial charge in [-0.2, -0.15) is 0 Å². The van der Waals surface area contributed by atoms with Crippen molar-refractivity contribution in [1.82, 2.24) is 15.3 Å². The lowest BCUT2D eigenvalue weighted by Gasteiger charge is -2.14. The second-order valence-corrected chi connectivity index (χ2v) is 5.79. The van der Waals surface area contributed by atoms with E-state index in [2.05, 4.69) is 41.3 Å². The highest BCUT2D eigenvalue weighted by atomic mass is 32.1. The highest BCUT2D eigenvalue weighted by molar-refractivity contribution is 7.11. The average molecular weight is 261 g/mol. The van der Waals surface area contributed by atoms with Crippen molar-refractivity contribution in [3.05, 3.63) is 45.7 Å². The fourth-order valence-electron chi connectivity index (χ4n) is 1.92. The molecule has 0 aliphatic rings. The Morgan fingerprint density at radius 1 is 1.22 bits per heavy atom. The molecule has 2 rings (SSSR count). The molecule has 0 saturated carbocycles. The van der Waals surface area contributed by atoms with E-state index in [-0.39, 0.29) is 0 Å². The van der Waals surface area contributed by atoms with Gasteiger partial charge >= 0.3 is 0 Å². The maximum atomic E-state index is 4.61. The van der Waals surface area contributed by atoms with Gasteiger partial charge in [0.15, 0.2) is 0 Å². The molecule has 0 aliphatic heterocycles. The minimum atomic E-state index is 0.428. The summed E-state index contributed by atoms with van der Waals surface area (Å²) in [6.07, 6.45) is 5.69. The van der Waals surface area contributed by atoms with Gasteiger partial charge in [-0.15, -0.1) is 11.3 Å². The Labute approximate surface area is 112 Å². The van der Waals surface area contributed by atoms with Crippen molar-refractivity contribution in [2.45, 2.75) is 32.7 Å². The van der Waals surface area contributed by atoms with E-state index in [1.165, 1.54) is 15.4 Å². The number of likely N-dealkylation sites (N-methyl/N-ethyl adjacent to an activating group) is 1. The maximum Gasteiger partial charge on any atom is 0.0946 e. The van der Waals surface area contributed by atoms with E-state index in [0.29, 0.717) is 6.04 Å². The SMILES string of the molecule is CNC(Cc1ccncc1)Cc1nc(C)c(C)s1. The molecule has 1 atom stereocenters. The van der Waals surface area contributed by atoms with E-state index in [1.54, 1.807) is 11.3 Å². The van der Waals surface area contributed by atoms with Gasteiger partial charge in [-0.25, -0.2) is 4.98 Å². The van der Waals surface area contributed by atoms with Gasteiger partial charge in [0, 0.05) is 29.7 Å². The quantitative estimate of drug-likeness (QED) is 0.898. The van der Waals surface area contributed by atoms with Crippen molar-refractivity contribution in [3.63, 3.8) is 0 Å². The summed E-state index contributed by atoms with van der Waals surface area (Å²) in [7, 11) is 2.01. The zero-order chi connectivity index (χ0) is 13.0. The van der Waals surface area contributed by atoms with E-state index in [9.17, 15) is 0 Å². The third-order valence-electron chi connectivity index (χ3n) is 3.13. The predicted molar refractivity (Wildman–Crippen MR) is 76.1 cm³/mol. The molecule has 18 heavy (non-hydrogen) atoms. The molecular weight excluding hydrogens is 242 g/mol. The number of hydrogen-bond donors (Lipinski definition) is 1. The first-order valence-electron chi connectivity index (χ1n) is 6.18. The maximum absolute atomic E-state index is 4.61. The van der Waals surface area contributed by atoms with Crippen LogP contribution in [0.1, 0.15) is 21.1 Å². The van der Waals surface area contributed by atoms with Crippen LogP contribution >= 0.6 is 11.3 Å². The highest BCUT2D eigenvalue weighted by Crippen LogP contribution is 2.18. The van der Waals surface area contributed by atoms with Gasteiger partial charge in [-0.05, 0) is 45.0 Å². The largest absolute Gasteiger partial charge is 0.316 e. The Bertz CT molecular complexity index is 473. The van der Waals surface area contributed by atoms with Crippen molar-refractivity contribution < 1.29 is 0 Å². The number of nitrogens with zero attached hydrogens (tertiary/aromatic N) is 2. The summed E-state index contributed by atoms with van der Waals surface area (Å²) in [5.74, 6) is 0. The summed E-state index contributed by atoms with van der Waals surface area (Å²) in [4.78, 5) is 9.98. The third-order valence-corrected chi connectivity index (χ3v) is 4.23. The summed E-state index contributed by atoms with van der Waals surface area (Å²) < 4.78 is 0. The molecule has 1 N–H and O–H groups in total. The lowest BCUT2D eigenvalue weighted by molar-refractivity contribution is 0.554. The first-order valence-corrected chi connectivity index (χ1v) is 6.99. The predicted octanol–water partition coefficient (Wildman–Crippen LogP) is 2.53. The molecule has 1 unspecified atom stereocenters. The van der Waals surface area contributed by atoms with Gasteiger partial charge < -0.3 is 5.32 Å². The average Bonchev–Trinajstić information content (AvgIpc) is 2.69. The molecule has 0 aliphatic carbocycles. The molecule has 96 valence electrons. The van der Waals surface area contributed by atoms with Gasteiger partial charge in [-0.3, -0.25) is 4.98 Å². The van der Waals surface area contributed by atoms with Crippen LogP contribution in [0.5, 0.6) is 0 Å². The molecule has 2 heterocycles. The van der Waals surface area contributed by atoms with Crippen LogP contribution in [0, 0.1) is 13.8 Å². The van der Waals surface area contributed by atoms with E-state index in [4.69, 9.17) is 0 Å². The number of hydrogen-bond acceptors (Lipinski definition) is 4. The smallest absolute Gasteiger partial charge is 0.0946 e. The highest BCUT2D eigenvalue weighted by Gasteiger charge is 2.12. The number of pyridine rings is 1. The van der Waals surface area contributed by atoms with Crippen LogP contribution in [0.25, 0.3) is 0 Å². The zero-order valence-electron chi connectivity index (χ0n) is 11.1. The Morgan fingerprint density at radius 3 is 2.50 bits per heavy atom. The van der Waals surface area contributed by atoms with Gasteiger partial charge in [0.05, 0.1) is 10.7 Å². The van der Waals surface area contributed by atoms with Crippen LogP contribution in [-0.4, -0.2) is 23.1 Å². The number of aromatic nitrogens is 2. The Balaban J connectivity index is 2.01. The Hall–Kier alpha value is -1.26. The third kappa shape index (κ3) is 3.37. The summed E-state index contributed by atoms with van der Waals surface area (Å²) in [5, 5.41) is 4.59. The Morgan fingerprint density at radius 2 is 1.94 bits per heavy atom. The molecule has 2 aromatic rings. The topological polar surface area (TPSA) is 37.8 Å². The van der Waals surface area contributed by atoms with Crippen molar-refractivity contribution in [3.8, 4) is 0 Å². The summed E-state index contributed by atoms with van der Waals surface area (Å²) in [5.41, 5.74) is 2.48. The molecule has 3 nitrogen and oxygen atoms in total. The van der Waals surface area contributed by atoms with Crippen LogP contribution < -0.4 is 5.32 Å². The molecular formula is C14H19N3S. The number of nitrogens with one attached hydrogen (secondary N) is 1. The minimum absolute atomic E-state index is 0.428. The lowest BCUT2D eigenvalue weighted by atomic mass is 10.1. The Kier molecular flexibility index (Phi) is 4.44.